The highest BCUT2D eigenvalue weighted by molar-refractivity contribution is 6.01. The molecule has 0 amide bonds. The number of aromatic nitrogens is 3. The van der Waals surface area contributed by atoms with Crippen molar-refractivity contribution in [2.75, 3.05) is 0 Å². The van der Waals surface area contributed by atoms with Crippen LogP contribution < -0.4 is 0 Å². The van der Waals surface area contributed by atoms with Crippen LogP contribution in [0.5, 0.6) is 0 Å². The minimum atomic E-state index is 0.696. The molecule has 0 unspecified atom stereocenters. The van der Waals surface area contributed by atoms with Gasteiger partial charge < -0.3 is 0 Å². The Hall–Kier alpha value is -5.48. The van der Waals surface area contributed by atoms with Gasteiger partial charge in [-0.25, -0.2) is 9.97 Å². The first-order valence-electron chi connectivity index (χ1n) is 15.3. The van der Waals surface area contributed by atoms with Crippen molar-refractivity contribution in [3.8, 4) is 33.9 Å². The van der Waals surface area contributed by atoms with Crippen LogP contribution in [0.3, 0.4) is 0 Å². The summed E-state index contributed by atoms with van der Waals surface area (Å²) in [7, 11) is 0. The molecule has 0 saturated heterocycles. The summed E-state index contributed by atoms with van der Waals surface area (Å²) in [6.45, 7) is 14.6. The number of benzene rings is 4. The predicted octanol–water partition coefficient (Wildman–Crippen LogP) is 10.7. The molecule has 0 atom stereocenters. The Bertz CT molecular complexity index is 1940. The number of para-hydroxylation sites is 1. The van der Waals surface area contributed by atoms with Gasteiger partial charge in [0.2, 0.25) is 0 Å². The third-order valence-electron chi connectivity index (χ3n) is 7.68. The molecule has 2 heterocycles. The van der Waals surface area contributed by atoms with Gasteiger partial charge in [-0.3, -0.25) is 9.98 Å². The van der Waals surface area contributed by atoms with Crippen LogP contribution in [0.2, 0.25) is 0 Å². The van der Waals surface area contributed by atoms with Crippen molar-refractivity contribution < 1.29 is 0 Å². The number of pyridine rings is 1. The average Bonchev–Trinajstić information content (AvgIpc) is 3.10. The summed E-state index contributed by atoms with van der Waals surface area (Å²) < 4.78 is 0. The second-order valence-electron chi connectivity index (χ2n) is 10.6. The maximum absolute atomic E-state index is 5.11. The molecular formula is C41H38N4. The zero-order valence-corrected chi connectivity index (χ0v) is 26.6. The van der Waals surface area contributed by atoms with E-state index in [1.165, 1.54) is 5.56 Å². The van der Waals surface area contributed by atoms with Gasteiger partial charge in [0.15, 0.2) is 5.82 Å². The fraction of sp³-hybridized carbons (Fsp3) is 0.122. The van der Waals surface area contributed by atoms with Gasteiger partial charge in [0.1, 0.15) is 0 Å². The quantitative estimate of drug-likeness (QED) is 0.175. The Labute approximate surface area is 267 Å². The Morgan fingerprint density at radius 1 is 0.644 bits per heavy atom. The normalized spacial score (nSPS) is 11.0. The van der Waals surface area contributed by atoms with Crippen LogP contribution in [0.15, 0.2) is 139 Å². The molecule has 0 radical (unpaired) electrons. The molecule has 0 aliphatic rings. The van der Waals surface area contributed by atoms with E-state index < -0.39 is 0 Å². The Balaban J connectivity index is 0.00000196. The zero-order valence-electron chi connectivity index (χ0n) is 26.6. The van der Waals surface area contributed by atoms with E-state index in [1.54, 1.807) is 6.20 Å². The van der Waals surface area contributed by atoms with Crippen LogP contribution >= 0.6 is 0 Å². The molecule has 0 fully saturated rings. The summed E-state index contributed by atoms with van der Waals surface area (Å²) in [5.41, 5.74) is 12.9. The number of hydrogen-bond donors (Lipinski definition) is 0. The third-order valence-corrected chi connectivity index (χ3v) is 7.68. The average molecular weight is 587 g/mol. The topological polar surface area (TPSA) is 51.0 Å². The highest BCUT2D eigenvalue weighted by Crippen LogP contribution is 2.34. The molecular weight excluding hydrogens is 548 g/mol. The largest absolute Gasteiger partial charge is 0.264 e. The summed E-state index contributed by atoms with van der Waals surface area (Å²) in [5.74, 6) is 0.696. The first-order chi connectivity index (χ1) is 22.0. The van der Waals surface area contributed by atoms with E-state index in [9.17, 15) is 0 Å². The smallest absolute Gasteiger partial charge is 0.160 e. The molecule has 6 rings (SSSR count). The molecule has 222 valence electrons. The van der Waals surface area contributed by atoms with Crippen molar-refractivity contribution >= 4 is 17.0 Å². The molecule has 0 bridgehead atoms. The molecule has 0 N–H and O–H groups in total. The van der Waals surface area contributed by atoms with E-state index in [1.807, 2.05) is 75.5 Å². The first-order valence-corrected chi connectivity index (χ1v) is 15.3. The van der Waals surface area contributed by atoms with Gasteiger partial charge in [-0.05, 0) is 49.6 Å². The SMILES string of the molecule is C=C(c1cccnc1)c1ccccc1N=C(C)c1ccc(-c2nc(-c3ccccc3)c(C)c(-c3ccccc3C)n2)cc1.CC. The van der Waals surface area contributed by atoms with Crippen LogP contribution in [-0.2, 0) is 0 Å². The molecule has 4 aromatic carbocycles. The number of aryl methyl sites for hydroxylation is 1. The van der Waals surface area contributed by atoms with Crippen LogP contribution in [0.25, 0.3) is 39.5 Å². The highest BCUT2D eigenvalue weighted by atomic mass is 14.9. The van der Waals surface area contributed by atoms with Crippen molar-refractivity contribution in [2.24, 2.45) is 4.99 Å². The van der Waals surface area contributed by atoms with Crippen molar-refractivity contribution in [1.82, 2.24) is 15.0 Å². The lowest BCUT2D eigenvalue weighted by Gasteiger charge is -2.15. The van der Waals surface area contributed by atoms with Gasteiger partial charge in [-0.2, -0.15) is 0 Å². The van der Waals surface area contributed by atoms with Gasteiger partial charge in [0.05, 0.1) is 17.1 Å². The lowest BCUT2D eigenvalue weighted by Crippen LogP contribution is -2.01. The predicted molar refractivity (Wildman–Crippen MR) is 190 cm³/mol. The Morgan fingerprint density at radius 3 is 2.02 bits per heavy atom. The van der Waals surface area contributed by atoms with E-state index >= 15 is 0 Å². The molecule has 0 spiro atoms. The summed E-state index contributed by atoms with van der Waals surface area (Å²) >= 11 is 0. The monoisotopic (exact) mass is 586 g/mol. The maximum Gasteiger partial charge on any atom is 0.160 e. The molecule has 0 aliphatic heterocycles. The second-order valence-corrected chi connectivity index (χ2v) is 10.6. The van der Waals surface area contributed by atoms with E-state index in [0.717, 1.165) is 67.3 Å². The molecule has 2 aromatic heterocycles. The fourth-order valence-corrected chi connectivity index (χ4v) is 5.25. The van der Waals surface area contributed by atoms with E-state index in [-0.39, 0.29) is 0 Å². The van der Waals surface area contributed by atoms with Crippen LogP contribution in [0, 0.1) is 13.8 Å². The molecule has 45 heavy (non-hydrogen) atoms. The van der Waals surface area contributed by atoms with Gasteiger partial charge in [-0.1, -0.05) is 124 Å². The van der Waals surface area contributed by atoms with Crippen molar-refractivity contribution in [1.29, 1.82) is 0 Å². The van der Waals surface area contributed by atoms with Crippen molar-refractivity contribution in [2.45, 2.75) is 34.6 Å². The summed E-state index contributed by atoms with van der Waals surface area (Å²) in [6.07, 6.45) is 3.59. The fourth-order valence-electron chi connectivity index (χ4n) is 5.25. The lowest BCUT2D eigenvalue weighted by molar-refractivity contribution is 1.14. The molecule has 0 saturated carbocycles. The van der Waals surface area contributed by atoms with Crippen LogP contribution in [0.1, 0.15) is 48.6 Å². The van der Waals surface area contributed by atoms with Gasteiger partial charge in [0.25, 0.3) is 0 Å². The second kappa shape index (κ2) is 14.3. The van der Waals surface area contributed by atoms with E-state index in [4.69, 9.17) is 15.0 Å². The summed E-state index contributed by atoms with van der Waals surface area (Å²) in [6, 6.07) is 39.1. The van der Waals surface area contributed by atoms with Crippen molar-refractivity contribution in [3.05, 3.63) is 162 Å². The minimum Gasteiger partial charge on any atom is -0.264 e. The standard InChI is InChI=1S/C39H32N4.C2H6/c1-26-13-8-9-17-34(26)38-28(3)37(31-14-6-5-7-15-31)42-39(43-38)32-22-20-30(21-23-32)29(4)41-36-19-11-10-18-35(36)27(2)33-16-12-24-40-25-33;1-2/h5-25H,2H2,1,3-4H3;1-2H3. The van der Waals surface area contributed by atoms with Crippen molar-refractivity contribution in [3.63, 3.8) is 0 Å². The molecule has 4 heteroatoms. The Morgan fingerprint density at radius 2 is 1.31 bits per heavy atom. The van der Waals surface area contributed by atoms with Crippen LogP contribution in [-0.4, -0.2) is 20.7 Å². The Kier molecular flexibility index (Phi) is 9.86. The van der Waals surface area contributed by atoms with E-state index in [0.29, 0.717) is 5.82 Å². The van der Waals surface area contributed by atoms with Gasteiger partial charge >= 0.3 is 0 Å². The first kappa shape index (κ1) is 31.0. The zero-order chi connectivity index (χ0) is 31.8. The van der Waals surface area contributed by atoms with Gasteiger partial charge in [-0.15, -0.1) is 0 Å². The summed E-state index contributed by atoms with van der Waals surface area (Å²) in [5, 5.41) is 0. The van der Waals surface area contributed by atoms with Gasteiger partial charge in [0, 0.05) is 51.5 Å². The lowest BCUT2D eigenvalue weighted by atomic mass is 9.97. The number of rotatable bonds is 7. The highest BCUT2D eigenvalue weighted by Gasteiger charge is 2.17. The third kappa shape index (κ3) is 6.86. The molecule has 6 aromatic rings. The number of nitrogens with zero attached hydrogens (tertiary/aromatic N) is 4. The summed E-state index contributed by atoms with van der Waals surface area (Å²) in [4.78, 5) is 19.4. The minimum absolute atomic E-state index is 0.696. The number of hydrogen-bond acceptors (Lipinski definition) is 4. The molecule has 0 aliphatic carbocycles. The maximum atomic E-state index is 5.11. The van der Waals surface area contributed by atoms with Crippen LogP contribution in [0.4, 0.5) is 5.69 Å². The van der Waals surface area contributed by atoms with E-state index in [2.05, 4.69) is 92.1 Å². The molecule has 4 nitrogen and oxygen atoms in total. The number of aliphatic imine (C=N–C) groups is 1.